The van der Waals surface area contributed by atoms with E-state index in [0.29, 0.717) is 60.4 Å². The van der Waals surface area contributed by atoms with Crippen LogP contribution in [0, 0.1) is 18.3 Å². The number of fused-ring (bicyclic) bond motifs is 3. The number of sulfonamides is 1. The van der Waals surface area contributed by atoms with Crippen LogP contribution >= 0.6 is 0 Å². The van der Waals surface area contributed by atoms with Crippen LogP contribution in [0.3, 0.4) is 0 Å². The number of pyridine rings is 1. The van der Waals surface area contributed by atoms with Gasteiger partial charge in [0.15, 0.2) is 5.78 Å². The quantitative estimate of drug-likeness (QED) is 0.278. The molecule has 4 heterocycles. The van der Waals surface area contributed by atoms with Crippen LogP contribution in [0.5, 0.6) is 17.4 Å². The summed E-state index contributed by atoms with van der Waals surface area (Å²) < 4.78 is 47.9. The fraction of sp³-hybridized carbons (Fsp3) is 0.561. The zero-order chi connectivity index (χ0) is 40.6. The first kappa shape index (κ1) is 40.2. The lowest BCUT2D eigenvalue weighted by molar-refractivity contribution is -0.140. The molecule has 16 heteroatoms. The molecule has 3 aromatic rings. The normalized spacial score (nSPS) is 26.2. The molecule has 2 N–H and O–H groups in total. The number of ether oxygens (including phenoxy) is 3. The Morgan fingerprint density at radius 3 is 2.54 bits per heavy atom. The van der Waals surface area contributed by atoms with Crippen LogP contribution in [0.2, 0.25) is 0 Å². The highest BCUT2D eigenvalue weighted by atomic mass is 32.2. The van der Waals surface area contributed by atoms with Crippen molar-refractivity contribution in [3.63, 3.8) is 0 Å². The van der Waals surface area contributed by atoms with E-state index in [-0.39, 0.29) is 42.9 Å². The molecule has 57 heavy (non-hydrogen) atoms. The number of aryl methyl sites for hydroxylation is 2. The number of carbonyl (C=O) groups is 4. The maximum atomic E-state index is 14.7. The number of Topliss-reactive ketones (excluding diaryl/α,β-unsaturated/α-hetero) is 1. The number of aromatic nitrogens is 3. The summed E-state index contributed by atoms with van der Waals surface area (Å²) in [6.45, 7) is 5.69. The SMILES string of the molecule is COc1ccc2c(O[C@@H]3C[C@H]4C(=O)C[C@]5(C(=O)NS(=O)(=O)C6CC6)C[C@H]5/C=C\CCCCC[C@H](NC(=O)c5ccn(C)n5)C(=O)N4C3)cc(OC(C)C)nc2c1C. The average molecular weight is 805 g/mol. The van der Waals surface area contributed by atoms with E-state index >= 15 is 0 Å². The summed E-state index contributed by atoms with van der Waals surface area (Å²) in [6, 6.07) is 4.95. The number of hydrogen-bond acceptors (Lipinski definition) is 11. The maximum absolute atomic E-state index is 14.7. The Bertz CT molecular complexity index is 2200. The lowest BCUT2D eigenvalue weighted by atomic mass is 9.91. The molecule has 0 bridgehead atoms. The summed E-state index contributed by atoms with van der Waals surface area (Å²) in [5.74, 6) is -0.916. The number of rotatable bonds is 10. The highest BCUT2D eigenvalue weighted by Gasteiger charge is 2.61. The van der Waals surface area contributed by atoms with Gasteiger partial charge in [-0.2, -0.15) is 5.10 Å². The molecule has 3 fully saturated rings. The number of benzene rings is 1. The van der Waals surface area contributed by atoms with Gasteiger partial charge in [0.05, 0.1) is 42.0 Å². The molecule has 0 unspecified atom stereocenters. The molecule has 5 atom stereocenters. The summed E-state index contributed by atoms with van der Waals surface area (Å²) in [4.78, 5) is 62.9. The Morgan fingerprint density at radius 1 is 1.05 bits per heavy atom. The Hall–Kier alpha value is -4.99. The topological polar surface area (TPSA) is 188 Å². The zero-order valence-electron chi connectivity index (χ0n) is 33.2. The van der Waals surface area contributed by atoms with Gasteiger partial charge in [0.2, 0.25) is 27.7 Å². The third-order valence-electron chi connectivity index (χ3n) is 11.5. The van der Waals surface area contributed by atoms with Crippen LogP contribution in [0.25, 0.3) is 10.9 Å². The number of allylic oxidation sites excluding steroid dienone is 2. The standard InChI is InChI=1S/C41H52N6O9S/c1-24(2)55-36-20-35(29-15-16-34(54-5)25(3)37(29)43-36)56-27-19-32-33(48)22-41(40(51)45-57(52,53)28-13-14-28)21-26(41)11-9-7-6-8-10-12-31(39(50)47(32)23-27)42-38(49)30-17-18-46(4)44-30/h9,11,15-18,20,24,26-28,31-32H,6-8,10,12-14,19,21-23H2,1-5H3,(H,42,49)(H,45,51)/b11-9-/t26-,27-,31+,32+,41-/m1/s1. The Labute approximate surface area is 332 Å². The van der Waals surface area contributed by atoms with Crippen molar-refractivity contribution in [2.24, 2.45) is 18.4 Å². The van der Waals surface area contributed by atoms with E-state index in [1.807, 2.05) is 45.1 Å². The second-order valence-electron chi connectivity index (χ2n) is 16.1. The summed E-state index contributed by atoms with van der Waals surface area (Å²) in [6.07, 6.45) is 9.11. The molecular weight excluding hydrogens is 753 g/mol. The predicted molar refractivity (Wildman–Crippen MR) is 210 cm³/mol. The van der Waals surface area contributed by atoms with Crippen molar-refractivity contribution >= 4 is 44.4 Å². The van der Waals surface area contributed by atoms with Crippen LogP contribution in [0.15, 0.2) is 42.6 Å². The van der Waals surface area contributed by atoms with Gasteiger partial charge in [-0.3, -0.25) is 28.6 Å². The minimum absolute atomic E-state index is 0.0170. The van der Waals surface area contributed by atoms with Gasteiger partial charge in [-0.1, -0.05) is 25.0 Å². The lowest BCUT2D eigenvalue weighted by Crippen LogP contribution is -2.52. The molecule has 7 rings (SSSR count). The van der Waals surface area contributed by atoms with Gasteiger partial charge in [0.25, 0.3) is 5.91 Å². The van der Waals surface area contributed by atoms with Gasteiger partial charge in [0, 0.05) is 43.1 Å². The largest absolute Gasteiger partial charge is 0.496 e. The van der Waals surface area contributed by atoms with Crippen LogP contribution in [0.4, 0.5) is 0 Å². The number of methoxy groups -OCH3 is 1. The van der Waals surface area contributed by atoms with E-state index in [9.17, 15) is 27.6 Å². The first-order chi connectivity index (χ1) is 27.2. The maximum Gasteiger partial charge on any atom is 0.272 e. The molecule has 306 valence electrons. The molecular formula is C41H52N6O9S. The van der Waals surface area contributed by atoms with Crippen molar-refractivity contribution in [3.05, 3.63) is 53.9 Å². The number of amides is 3. The number of nitrogens with zero attached hydrogens (tertiary/aromatic N) is 4. The molecule has 4 aliphatic rings. The van der Waals surface area contributed by atoms with E-state index < -0.39 is 56.6 Å². The summed E-state index contributed by atoms with van der Waals surface area (Å²) in [7, 11) is -0.588. The van der Waals surface area contributed by atoms with E-state index in [1.165, 1.54) is 9.58 Å². The van der Waals surface area contributed by atoms with Crippen molar-refractivity contribution in [1.82, 2.24) is 29.7 Å². The monoisotopic (exact) mass is 804 g/mol. The van der Waals surface area contributed by atoms with E-state index in [1.54, 1.807) is 32.5 Å². The first-order valence-corrected chi connectivity index (χ1v) is 21.4. The van der Waals surface area contributed by atoms with Crippen LogP contribution in [-0.2, 0) is 31.5 Å². The molecule has 15 nitrogen and oxygen atoms in total. The number of ketones is 1. The number of carbonyl (C=O) groups excluding carboxylic acids is 4. The first-order valence-electron chi connectivity index (χ1n) is 19.9. The van der Waals surface area contributed by atoms with Crippen LogP contribution in [-0.4, -0.2) is 94.8 Å². The van der Waals surface area contributed by atoms with Gasteiger partial charge in [-0.15, -0.1) is 0 Å². The van der Waals surface area contributed by atoms with Gasteiger partial charge >= 0.3 is 0 Å². The molecule has 0 radical (unpaired) electrons. The molecule has 2 saturated carbocycles. The van der Waals surface area contributed by atoms with E-state index in [0.717, 1.165) is 24.8 Å². The predicted octanol–water partition coefficient (Wildman–Crippen LogP) is 4.31. The van der Waals surface area contributed by atoms with E-state index in [4.69, 9.17) is 19.2 Å². The molecule has 0 spiro atoms. The zero-order valence-corrected chi connectivity index (χ0v) is 34.0. The van der Waals surface area contributed by atoms with Gasteiger partial charge in [-0.25, -0.2) is 13.4 Å². The smallest absolute Gasteiger partial charge is 0.272 e. The Balaban J connectivity index is 1.23. The van der Waals surface area contributed by atoms with Crippen LogP contribution < -0.4 is 24.2 Å². The van der Waals surface area contributed by atoms with Crippen molar-refractivity contribution in [3.8, 4) is 17.4 Å². The number of nitrogens with one attached hydrogen (secondary N) is 2. The molecule has 2 aliphatic carbocycles. The minimum Gasteiger partial charge on any atom is -0.496 e. The van der Waals surface area contributed by atoms with Gasteiger partial charge in [-0.05, 0) is 83.4 Å². The van der Waals surface area contributed by atoms with Crippen molar-refractivity contribution < 1.29 is 41.8 Å². The molecule has 1 aromatic carbocycles. The fourth-order valence-corrected chi connectivity index (χ4v) is 9.50. The Kier molecular flexibility index (Phi) is 11.4. The van der Waals surface area contributed by atoms with E-state index in [2.05, 4.69) is 15.1 Å². The van der Waals surface area contributed by atoms with Crippen molar-refractivity contribution in [2.45, 2.75) is 115 Å². The van der Waals surface area contributed by atoms with Crippen LogP contribution in [0.1, 0.15) is 94.1 Å². The third-order valence-corrected chi connectivity index (χ3v) is 13.3. The van der Waals surface area contributed by atoms with Crippen molar-refractivity contribution in [1.29, 1.82) is 0 Å². The molecule has 3 amide bonds. The van der Waals surface area contributed by atoms with Crippen molar-refractivity contribution in [2.75, 3.05) is 13.7 Å². The second-order valence-corrected chi connectivity index (χ2v) is 18.1. The molecule has 2 aromatic heterocycles. The molecule has 1 saturated heterocycles. The fourth-order valence-electron chi connectivity index (χ4n) is 8.11. The highest BCUT2D eigenvalue weighted by molar-refractivity contribution is 7.90. The summed E-state index contributed by atoms with van der Waals surface area (Å²) >= 11 is 0. The highest BCUT2D eigenvalue weighted by Crippen LogP contribution is 2.57. The minimum atomic E-state index is -3.87. The van der Waals surface area contributed by atoms with Gasteiger partial charge in [0.1, 0.15) is 29.3 Å². The lowest BCUT2D eigenvalue weighted by Gasteiger charge is -2.29. The molecule has 2 aliphatic heterocycles. The third kappa shape index (κ3) is 8.65. The number of hydrogen-bond donors (Lipinski definition) is 2. The Morgan fingerprint density at radius 2 is 1.84 bits per heavy atom. The average Bonchev–Trinajstić information content (AvgIpc) is 4.05. The second kappa shape index (κ2) is 16.1. The summed E-state index contributed by atoms with van der Waals surface area (Å²) in [5.41, 5.74) is 0.287. The summed E-state index contributed by atoms with van der Waals surface area (Å²) in [5, 5.41) is 7.19. The van der Waals surface area contributed by atoms with Gasteiger partial charge < -0.3 is 24.4 Å².